The van der Waals surface area contributed by atoms with Crippen molar-refractivity contribution in [2.24, 2.45) is 13.0 Å². The van der Waals surface area contributed by atoms with Gasteiger partial charge in [-0.3, -0.25) is 28.9 Å². The van der Waals surface area contributed by atoms with Crippen molar-refractivity contribution in [1.29, 1.82) is 0 Å². The largest absolute Gasteiger partial charge is 0.444 e. The number of amides is 3. The molecule has 3 heterocycles. The van der Waals surface area contributed by atoms with Crippen molar-refractivity contribution < 1.29 is 19.1 Å². The molecule has 5 rings (SSSR count). The Kier molecular flexibility index (Phi) is 7.94. The van der Waals surface area contributed by atoms with E-state index in [1.54, 1.807) is 16.2 Å². The Hall–Kier alpha value is -3.34. The van der Waals surface area contributed by atoms with Gasteiger partial charge >= 0.3 is 11.8 Å². The molecule has 0 radical (unpaired) electrons. The maximum atomic E-state index is 13.3. The van der Waals surface area contributed by atoms with Gasteiger partial charge in [0, 0.05) is 52.2 Å². The number of para-hydroxylation sites is 1. The van der Waals surface area contributed by atoms with E-state index in [0.29, 0.717) is 12.3 Å². The van der Waals surface area contributed by atoms with E-state index in [1.165, 1.54) is 0 Å². The van der Waals surface area contributed by atoms with Gasteiger partial charge in [0.05, 0.1) is 16.7 Å². The third-order valence-corrected chi connectivity index (χ3v) is 8.40. The number of piperazine rings is 1. The number of nitrogens with zero attached hydrogens (tertiary/aromatic N) is 4. The zero-order chi connectivity index (χ0) is 28.6. The second kappa shape index (κ2) is 11.3. The van der Waals surface area contributed by atoms with Gasteiger partial charge < -0.3 is 15.0 Å². The van der Waals surface area contributed by atoms with E-state index in [4.69, 9.17) is 4.74 Å². The van der Waals surface area contributed by atoms with Gasteiger partial charge in [-0.05, 0) is 70.9 Å². The lowest BCUT2D eigenvalue weighted by Crippen LogP contribution is -2.48. The number of ether oxygens (including phenoxy) is 1. The average molecular weight is 555 g/mol. The van der Waals surface area contributed by atoms with Crippen molar-refractivity contribution in [3.05, 3.63) is 28.7 Å². The van der Waals surface area contributed by atoms with Crippen LogP contribution in [-0.2, 0) is 21.4 Å². The number of rotatable bonds is 5. The fourth-order valence-electron chi connectivity index (χ4n) is 6.40. The van der Waals surface area contributed by atoms with Crippen LogP contribution in [0.2, 0.25) is 0 Å². The van der Waals surface area contributed by atoms with Crippen LogP contribution >= 0.6 is 0 Å². The highest BCUT2D eigenvalue weighted by Gasteiger charge is 2.33. The Bertz CT molecular complexity index is 1320. The number of imidazole rings is 1. The molecule has 3 aliphatic rings. The highest BCUT2D eigenvalue weighted by atomic mass is 16.6. The number of anilines is 1. The van der Waals surface area contributed by atoms with Gasteiger partial charge in [0.2, 0.25) is 11.8 Å². The molecule has 0 bridgehead atoms. The van der Waals surface area contributed by atoms with Gasteiger partial charge in [0.1, 0.15) is 11.6 Å². The molecule has 3 fully saturated rings. The average Bonchev–Trinajstić information content (AvgIpc) is 3.14. The van der Waals surface area contributed by atoms with Crippen LogP contribution in [-0.4, -0.2) is 76.3 Å². The van der Waals surface area contributed by atoms with E-state index < -0.39 is 17.6 Å². The fraction of sp³-hybridized carbons (Fsp3) is 0.655. The molecule has 1 aromatic carbocycles. The molecule has 1 atom stereocenters. The summed E-state index contributed by atoms with van der Waals surface area (Å²) in [5, 5.41) is 5.41. The topological polar surface area (TPSA) is 118 Å². The minimum Gasteiger partial charge on any atom is -0.444 e. The smallest absolute Gasteiger partial charge is 0.407 e. The first-order valence-electron chi connectivity index (χ1n) is 14.5. The van der Waals surface area contributed by atoms with Crippen LogP contribution < -0.4 is 21.2 Å². The number of carbonyl (C=O) groups is 3. The van der Waals surface area contributed by atoms with Crippen LogP contribution in [0.3, 0.4) is 0 Å². The Morgan fingerprint density at radius 1 is 1.02 bits per heavy atom. The summed E-state index contributed by atoms with van der Waals surface area (Å²) < 4.78 is 8.58. The summed E-state index contributed by atoms with van der Waals surface area (Å²) in [6.45, 7) is 10.3. The molecule has 1 aromatic heterocycles. The van der Waals surface area contributed by atoms with Crippen LogP contribution in [0.25, 0.3) is 11.0 Å². The van der Waals surface area contributed by atoms with E-state index >= 15 is 0 Å². The number of aromatic nitrogens is 2. The summed E-state index contributed by atoms with van der Waals surface area (Å²) in [7, 11) is 1.75. The molecular formula is C29H42N6O5. The summed E-state index contributed by atoms with van der Waals surface area (Å²) in [6.07, 6.45) is 4.36. The summed E-state index contributed by atoms with van der Waals surface area (Å²) in [5.41, 5.74) is 1.81. The number of carbonyl (C=O) groups excluding carboxylic acids is 3. The quantitative estimate of drug-likeness (QED) is 0.546. The first kappa shape index (κ1) is 28.2. The molecule has 2 aliphatic heterocycles. The molecule has 1 unspecified atom stereocenters. The Morgan fingerprint density at radius 3 is 2.38 bits per heavy atom. The lowest BCUT2D eigenvalue weighted by molar-refractivity contribution is -0.135. The number of imide groups is 1. The first-order chi connectivity index (χ1) is 19.0. The van der Waals surface area contributed by atoms with Crippen LogP contribution in [0.4, 0.5) is 10.5 Å². The standard InChI is InChI=1S/C29H42N6O5/c1-29(2,3)40-27(38)30-20-10-8-19(9-11-20)18-33-14-16-34(17-15-33)21-6-5-7-22-25(21)32(4)28(39)35(22)23-12-13-24(36)31-26(23)37/h5-7,19-20,23H,8-18H2,1-4H3,(H,30,38)(H,31,36,37). The van der Waals surface area contributed by atoms with Gasteiger partial charge in [-0.1, -0.05) is 6.07 Å². The van der Waals surface area contributed by atoms with Crippen LogP contribution in [0, 0.1) is 5.92 Å². The predicted octanol–water partition coefficient (Wildman–Crippen LogP) is 2.52. The summed E-state index contributed by atoms with van der Waals surface area (Å²) in [4.78, 5) is 54.5. The van der Waals surface area contributed by atoms with Crippen molar-refractivity contribution in [3.63, 3.8) is 0 Å². The lowest BCUT2D eigenvalue weighted by Gasteiger charge is -2.39. The molecule has 1 aliphatic carbocycles. The highest BCUT2D eigenvalue weighted by molar-refractivity contribution is 6.00. The molecule has 2 saturated heterocycles. The van der Waals surface area contributed by atoms with Gasteiger partial charge in [0.15, 0.2) is 0 Å². The van der Waals surface area contributed by atoms with Gasteiger partial charge in [-0.25, -0.2) is 9.59 Å². The molecule has 3 amide bonds. The van der Waals surface area contributed by atoms with Crippen LogP contribution in [0.15, 0.2) is 23.0 Å². The zero-order valence-corrected chi connectivity index (χ0v) is 24.1. The summed E-state index contributed by atoms with van der Waals surface area (Å²) >= 11 is 0. The molecular weight excluding hydrogens is 512 g/mol. The third kappa shape index (κ3) is 6.04. The first-order valence-corrected chi connectivity index (χ1v) is 14.5. The molecule has 11 nitrogen and oxygen atoms in total. The fourth-order valence-corrected chi connectivity index (χ4v) is 6.40. The molecule has 11 heteroatoms. The van der Waals surface area contributed by atoms with Crippen molar-refractivity contribution in [2.45, 2.75) is 77.0 Å². The second-order valence-corrected chi connectivity index (χ2v) is 12.5. The molecule has 2 aromatic rings. The van der Waals surface area contributed by atoms with Crippen LogP contribution in [0.1, 0.15) is 65.3 Å². The van der Waals surface area contributed by atoms with E-state index in [-0.39, 0.29) is 30.2 Å². The predicted molar refractivity (Wildman–Crippen MR) is 152 cm³/mol. The van der Waals surface area contributed by atoms with Crippen LogP contribution in [0.5, 0.6) is 0 Å². The summed E-state index contributed by atoms with van der Waals surface area (Å²) in [6, 6.07) is 5.37. The SMILES string of the molecule is Cn1c(=O)n(C2CCC(=O)NC2=O)c2cccc(N3CCN(CC4CCC(NC(=O)OC(C)(C)C)CC4)CC3)c21. The van der Waals surface area contributed by atoms with E-state index in [0.717, 1.165) is 75.1 Å². The minimum absolute atomic E-state index is 0.183. The number of nitrogens with one attached hydrogen (secondary N) is 2. The third-order valence-electron chi connectivity index (χ3n) is 8.40. The van der Waals surface area contributed by atoms with Crippen molar-refractivity contribution >= 4 is 34.6 Å². The van der Waals surface area contributed by atoms with Crippen molar-refractivity contribution in [2.75, 3.05) is 37.6 Å². The van der Waals surface area contributed by atoms with E-state index in [2.05, 4.69) is 20.4 Å². The summed E-state index contributed by atoms with van der Waals surface area (Å²) in [5.74, 6) is -0.0897. The number of benzene rings is 1. The number of hydrogen-bond donors (Lipinski definition) is 2. The van der Waals surface area contributed by atoms with Crippen molar-refractivity contribution in [1.82, 2.24) is 24.7 Å². The van der Waals surface area contributed by atoms with Crippen molar-refractivity contribution in [3.8, 4) is 0 Å². The zero-order valence-electron chi connectivity index (χ0n) is 24.1. The Labute approximate surface area is 234 Å². The Morgan fingerprint density at radius 2 is 1.73 bits per heavy atom. The molecule has 1 saturated carbocycles. The number of piperidine rings is 1. The maximum Gasteiger partial charge on any atom is 0.407 e. The maximum absolute atomic E-state index is 13.3. The van der Waals surface area contributed by atoms with E-state index in [1.807, 2.05) is 39.0 Å². The number of hydrogen-bond acceptors (Lipinski definition) is 7. The Balaban J connectivity index is 1.18. The minimum atomic E-state index is -0.685. The molecule has 0 spiro atoms. The number of alkyl carbamates (subject to hydrolysis) is 1. The number of aryl methyl sites for hydroxylation is 1. The lowest BCUT2D eigenvalue weighted by atomic mass is 9.85. The monoisotopic (exact) mass is 554 g/mol. The van der Waals surface area contributed by atoms with Gasteiger partial charge in [-0.15, -0.1) is 0 Å². The molecule has 40 heavy (non-hydrogen) atoms. The second-order valence-electron chi connectivity index (χ2n) is 12.5. The van der Waals surface area contributed by atoms with Gasteiger partial charge in [-0.2, -0.15) is 0 Å². The normalized spacial score (nSPS) is 24.7. The highest BCUT2D eigenvalue weighted by Crippen LogP contribution is 2.31. The number of fused-ring (bicyclic) bond motifs is 1. The van der Waals surface area contributed by atoms with E-state index in [9.17, 15) is 19.2 Å². The molecule has 218 valence electrons. The van der Waals surface area contributed by atoms with Gasteiger partial charge in [0.25, 0.3) is 0 Å². The molecule has 2 N–H and O–H groups in total.